The van der Waals surface area contributed by atoms with Crippen molar-refractivity contribution in [2.45, 2.75) is 105 Å². The maximum Gasteiger partial charge on any atom is -0.0236 e. The highest BCUT2D eigenvalue weighted by molar-refractivity contribution is 5.12. The molecule has 0 heteroatoms. The molecule has 0 N–H and O–H groups in total. The van der Waals surface area contributed by atoms with Crippen LogP contribution in [0.2, 0.25) is 0 Å². The summed E-state index contributed by atoms with van der Waals surface area (Å²) in [6.45, 7) is 10.8. The minimum atomic E-state index is 0.504. The van der Waals surface area contributed by atoms with E-state index in [1.54, 1.807) is 32.1 Å². The van der Waals surface area contributed by atoms with Gasteiger partial charge in [-0.2, -0.15) is 0 Å². The minimum Gasteiger partial charge on any atom is -0.0591 e. The first-order chi connectivity index (χ1) is 10.9. The second-order valence-electron chi connectivity index (χ2n) is 10.9. The second kappa shape index (κ2) is 5.50. The van der Waals surface area contributed by atoms with E-state index in [-0.39, 0.29) is 0 Å². The zero-order valence-electron chi connectivity index (χ0n) is 16.3. The average Bonchev–Trinajstić information content (AvgIpc) is 2.85. The highest BCUT2D eigenvalue weighted by Crippen LogP contribution is 2.71. The van der Waals surface area contributed by atoms with Crippen LogP contribution >= 0.6 is 0 Å². The van der Waals surface area contributed by atoms with E-state index in [9.17, 15) is 0 Å². The van der Waals surface area contributed by atoms with Gasteiger partial charge in [-0.05, 0) is 65.6 Å². The molecule has 0 bridgehead atoms. The fourth-order valence-electron chi connectivity index (χ4n) is 8.24. The summed E-state index contributed by atoms with van der Waals surface area (Å²) in [5.74, 6) is 4.33. The van der Waals surface area contributed by atoms with Crippen molar-refractivity contribution in [3.8, 4) is 0 Å². The summed E-state index contributed by atoms with van der Waals surface area (Å²) in [7, 11) is 0. The normalized spacial score (nSPS) is 46.4. The molecule has 0 aromatic rings. The van der Waals surface area contributed by atoms with E-state index in [4.69, 9.17) is 0 Å². The lowest BCUT2D eigenvalue weighted by Crippen LogP contribution is -2.51. The Morgan fingerprint density at radius 1 is 0.739 bits per heavy atom. The molecule has 0 spiro atoms. The molecule has 4 aliphatic rings. The van der Waals surface area contributed by atoms with Gasteiger partial charge in [-0.3, -0.25) is 0 Å². The summed E-state index contributed by atoms with van der Waals surface area (Å²) in [5.41, 5.74) is 1.68. The topological polar surface area (TPSA) is 0 Å². The minimum absolute atomic E-state index is 0.504. The zero-order chi connectivity index (χ0) is 16.3. The van der Waals surface area contributed by atoms with E-state index < -0.39 is 0 Å². The summed E-state index contributed by atoms with van der Waals surface area (Å²) in [4.78, 5) is 0. The first kappa shape index (κ1) is 16.5. The summed E-state index contributed by atoms with van der Waals surface area (Å²) in [6, 6.07) is 0. The molecule has 0 aliphatic heterocycles. The monoisotopic (exact) mass is 316 g/mol. The van der Waals surface area contributed by atoms with Crippen LogP contribution in [0.15, 0.2) is 0 Å². The Kier molecular flexibility index (Phi) is 3.94. The highest BCUT2D eigenvalue weighted by atomic mass is 14.7. The van der Waals surface area contributed by atoms with Crippen LogP contribution in [0.4, 0.5) is 0 Å². The summed E-state index contributed by atoms with van der Waals surface area (Å²) < 4.78 is 0. The highest BCUT2D eigenvalue weighted by Gasteiger charge is 2.63. The van der Waals surface area contributed by atoms with Crippen molar-refractivity contribution in [3.05, 3.63) is 0 Å². The summed E-state index contributed by atoms with van der Waals surface area (Å²) in [5, 5.41) is 0. The van der Waals surface area contributed by atoms with Crippen molar-refractivity contribution in [3.63, 3.8) is 0 Å². The van der Waals surface area contributed by atoms with Gasteiger partial charge < -0.3 is 0 Å². The second-order valence-corrected chi connectivity index (χ2v) is 10.9. The van der Waals surface area contributed by atoms with Gasteiger partial charge in [0.05, 0.1) is 0 Å². The molecular formula is C23H40. The van der Waals surface area contributed by atoms with Gasteiger partial charge in [0.15, 0.2) is 0 Å². The third-order valence-corrected chi connectivity index (χ3v) is 10.2. The largest absolute Gasteiger partial charge is 0.0591 e. The molecule has 4 rings (SSSR count). The third-order valence-electron chi connectivity index (χ3n) is 10.2. The van der Waals surface area contributed by atoms with E-state index in [2.05, 4.69) is 27.7 Å². The predicted octanol–water partition coefficient (Wildman–Crippen LogP) is 7.23. The first-order valence-corrected chi connectivity index (χ1v) is 10.9. The van der Waals surface area contributed by atoms with Crippen LogP contribution in [0.5, 0.6) is 0 Å². The lowest BCUT2D eigenvalue weighted by Gasteiger charge is -2.59. The fourth-order valence-corrected chi connectivity index (χ4v) is 8.24. The van der Waals surface area contributed by atoms with Gasteiger partial charge in [0.25, 0.3) is 0 Å². The lowest BCUT2D eigenvalue weighted by atomic mass is 9.46. The molecule has 4 fully saturated rings. The van der Waals surface area contributed by atoms with Crippen molar-refractivity contribution >= 4 is 0 Å². The zero-order valence-corrected chi connectivity index (χ0v) is 16.3. The number of hydrogen-bond donors (Lipinski definition) is 0. The Hall–Kier alpha value is 0. The molecule has 0 aromatic heterocycles. The van der Waals surface area contributed by atoms with E-state index >= 15 is 0 Å². The quantitative estimate of drug-likeness (QED) is 0.504. The van der Waals surface area contributed by atoms with Gasteiger partial charge in [-0.15, -0.1) is 0 Å². The molecule has 0 nitrogen and oxygen atoms in total. The SMILES string of the molecule is CC1(C(C)(C)C2(C)CC3CCCC4CCCC2C43)CCCCC1. The molecule has 5 unspecified atom stereocenters. The maximum absolute atomic E-state index is 2.75. The number of rotatable bonds is 2. The Bertz CT molecular complexity index is 439. The van der Waals surface area contributed by atoms with Crippen LogP contribution in [-0.2, 0) is 0 Å². The van der Waals surface area contributed by atoms with Crippen LogP contribution in [-0.4, -0.2) is 0 Å². The molecule has 5 atom stereocenters. The van der Waals surface area contributed by atoms with Gasteiger partial charge in [0.2, 0.25) is 0 Å². The average molecular weight is 317 g/mol. The van der Waals surface area contributed by atoms with Crippen molar-refractivity contribution in [1.82, 2.24) is 0 Å². The van der Waals surface area contributed by atoms with Crippen molar-refractivity contribution < 1.29 is 0 Å². The van der Waals surface area contributed by atoms with E-state index in [1.165, 1.54) is 44.9 Å². The predicted molar refractivity (Wildman–Crippen MR) is 99.4 cm³/mol. The smallest absolute Gasteiger partial charge is 0.0236 e. The standard InChI is InChI=1S/C23H40/c1-21(2,22(3)14-6-5-7-15-22)23(4)16-18-12-8-10-17-11-9-13-19(23)20(17)18/h17-20H,5-16H2,1-4H3. The van der Waals surface area contributed by atoms with Crippen LogP contribution < -0.4 is 0 Å². The molecule has 4 saturated carbocycles. The van der Waals surface area contributed by atoms with Gasteiger partial charge in [-0.1, -0.05) is 79.1 Å². The molecule has 0 amide bonds. The van der Waals surface area contributed by atoms with Gasteiger partial charge >= 0.3 is 0 Å². The van der Waals surface area contributed by atoms with Crippen molar-refractivity contribution in [1.29, 1.82) is 0 Å². The van der Waals surface area contributed by atoms with Gasteiger partial charge in [0.1, 0.15) is 0 Å². The number of hydrogen-bond acceptors (Lipinski definition) is 0. The maximum atomic E-state index is 2.75. The van der Waals surface area contributed by atoms with Gasteiger partial charge in [-0.25, -0.2) is 0 Å². The van der Waals surface area contributed by atoms with Crippen molar-refractivity contribution in [2.75, 3.05) is 0 Å². The fraction of sp³-hybridized carbons (Fsp3) is 1.00. The summed E-state index contributed by atoms with van der Waals surface area (Å²) in [6.07, 6.45) is 18.3. The van der Waals surface area contributed by atoms with Crippen LogP contribution in [0, 0.1) is 39.9 Å². The first-order valence-electron chi connectivity index (χ1n) is 10.9. The Balaban J connectivity index is 1.69. The van der Waals surface area contributed by atoms with Crippen LogP contribution in [0.25, 0.3) is 0 Å². The molecular weight excluding hydrogens is 276 g/mol. The Morgan fingerprint density at radius 2 is 1.35 bits per heavy atom. The third kappa shape index (κ3) is 2.22. The molecule has 0 heterocycles. The molecule has 4 aliphatic carbocycles. The van der Waals surface area contributed by atoms with E-state index in [1.807, 2.05) is 0 Å². The molecule has 0 saturated heterocycles. The van der Waals surface area contributed by atoms with Crippen LogP contribution in [0.3, 0.4) is 0 Å². The molecule has 0 radical (unpaired) electrons. The van der Waals surface area contributed by atoms with Crippen LogP contribution in [0.1, 0.15) is 105 Å². The molecule has 132 valence electrons. The Morgan fingerprint density at radius 3 is 2.04 bits per heavy atom. The lowest BCUT2D eigenvalue weighted by molar-refractivity contribution is -0.0986. The van der Waals surface area contributed by atoms with E-state index in [0.29, 0.717) is 16.2 Å². The van der Waals surface area contributed by atoms with Gasteiger partial charge in [0, 0.05) is 0 Å². The molecule has 0 aromatic carbocycles. The Labute approximate surface area is 145 Å². The van der Waals surface area contributed by atoms with Crippen molar-refractivity contribution in [2.24, 2.45) is 39.9 Å². The summed E-state index contributed by atoms with van der Waals surface area (Å²) >= 11 is 0. The van der Waals surface area contributed by atoms with E-state index in [0.717, 1.165) is 23.7 Å². The molecule has 23 heavy (non-hydrogen) atoms.